The molecule has 0 spiro atoms. The lowest BCUT2D eigenvalue weighted by molar-refractivity contribution is 0.255. The zero-order valence-corrected chi connectivity index (χ0v) is 42.3. The molecule has 7 heteroatoms. The Hall–Kier alpha value is -10.1. The van der Waals surface area contributed by atoms with Crippen LogP contribution in [-0.2, 0) is 0 Å². The molecule has 2 aromatic heterocycles. The Morgan fingerprint density at radius 3 is 1.13 bits per heavy atom. The molecule has 0 fully saturated rings. The van der Waals surface area contributed by atoms with Crippen molar-refractivity contribution in [3.05, 3.63) is 267 Å². The molecule has 12 aromatic carbocycles. The molecule has 360 valence electrons. The van der Waals surface area contributed by atoms with Gasteiger partial charge in [-0.25, -0.2) is 4.79 Å². The van der Waals surface area contributed by atoms with Gasteiger partial charge in [0.15, 0.2) is 0 Å². The van der Waals surface area contributed by atoms with Crippen molar-refractivity contribution in [3.63, 3.8) is 0 Å². The zero-order chi connectivity index (χ0) is 51.2. The van der Waals surface area contributed by atoms with E-state index in [-0.39, 0.29) is 19.5 Å². The molecular weight excluding hydrogens is 946 g/mol. The molecule has 3 aliphatic rings. The van der Waals surface area contributed by atoms with Gasteiger partial charge in [-0.3, -0.25) is 9.80 Å². The van der Waals surface area contributed by atoms with E-state index in [4.69, 9.17) is 0 Å². The van der Waals surface area contributed by atoms with Gasteiger partial charge in [-0.05, 0) is 98.0 Å². The molecule has 0 radical (unpaired) electrons. The third-order valence-electron chi connectivity index (χ3n) is 17.1. The van der Waals surface area contributed by atoms with E-state index in [9.17, 15) is 0 Å². The van der Waals surface area contributed by atoms with Crippen LogP contribution in [0.25, 0.3) is 88.0 Å². The van der Waals surface area contributed by atoms with Crippen LogP contribution in [0.5, 0.6) is 0 Å². The number of urea groups is 1. The highest BCUT2D eigenvalue weighted by molar-refractivity contribution is 7.01. The van der Waals surface area contributed by atoms with E-state index in [1.165, 1.54) is 32.8 Å². The van der Waals surface area contributed by atoms with Crippen molar-refractivity contribution >= 4 is 129 Å². The van der Waals surface area contributed by atoms with Crippen LogP contribution in [0.1, 0.15) is 0 Å². The maximum absolute atomic E-state index is 17.1. The second-order valence-electron chi connectivity index (χ2n) is 21.1. The summed E-state index contributed by atoms with van der Waals surface area (Å²) in [5.41, 5.74) is 21.6. The molecule has 14 aromatic rings. The number of para-hydroxylation sites is 4. The van der Waals surface area contributed by atoms with Crippen LogP contribution in [0, 0.1) is 0 Å². The summed E-state index contributed by atoms with van der Waals surface area (Å²) in [7, 11) is 0. The standard InChI is InChI=1S/C71H44B2N4O/c78-71-76-66-43-64-54(52-31-15-19-35-62(52)74(64)48-25-9-3-10-26-48)41-60(66)72(56-33-17-13-29-50(56)45-21-5-1-6-22-45)58-39-37-47-38-40-59-70(68(47)69(58)76)77(71)67-44-65-55(53-32-16-20-36-63(53)75(65)49-27-11-4-12-28-49)42-61(67)73(59)57-34-18-14-30-51(57)46-23-7-2-8-24-46/h1-44H. The molecule has 0 aliphatic carbocycles. The number of hydrogen-bond acceptors (Lipinski definition) is 1. The van der Waals surface area contributed by atoms with Gasteiger partial charge in [0.1, 0.15) is 0 Å². The van der Waals surface area contributed by atoms with Gasteiger partial charge in [-0.15, -0.1) is 0 Å². The molecule has 17 rings (SSSR count). The second kappa shape index (κ2) is 16.4. The number of aromatic nitrogens is 2. The quantitative estimate of drug-likeness (QED) is 0.153. The number of amides is 2. The highest BCUT2D eigenvalue weighted by atomic mass is 16.2. The normalized spacial score (nSPS) is 13.3. The monoisotopic (exact) mass is 990 g/mol. The minimum absolute atomic E-state index is 0.0979. The van der Waals surface area contributed by atoms with Crippen molar-refractivity contribution in [1.29, 1.82) is 0 Å². The van der Waals surface area contributed by atoms with Crippen molar-refractivity contribution < 1.29 is 4.79 Å². The predicted octanol–water partition coefficient (Wildman–Crippen LogP) is 13.4. The molecule has 0 unspecified atom stereocenters. The molecule has 0 bridgehead atoms. The summed E-state index contributed by atoms with van der Waals surface area (Å²) >= 11 is 0. The molecule has 3 aliphatic heterocycles. The van der Waals surface area contributed by atoms with Crippen molar-refractivity contribution in [2.75, 3.05) is 9.80 Å². The lowest BCUT2D eigenvalue weighted by atomic mass is 9.33. The Balaban J connectivity index is 1.02. The maximum atomic E-state index is 17.1. The van der Waals surface area contributed by atoms with E-state index in [0.29, 0.717) is 0 Å². The summed E-state index contributed by atoms with van der Waals surface area (Å²) < 4.78 is 4.75. The largest absolute Gasteiger partial charge is 0.338 e. The van der Waals surface area contributed by atoms with E-state index < -0.39 is 0 Å². The molecule has 0 atom stereocenters. The van der Waals surface area contributed by atoms with Crippen LogP contribution in [0.4, 0.5) is 27.5 Å². The van der Waals surface area contributed by atoms with Crippen molar-refractivity contribution in [3.8, 4) is 33.6 Å². The smallest absolute Gasteiger partial charge is 0.309 e. The minimum atomic E-state index is -0.225. The fourth-order valence-electron chi connectivity index (χ4n) is 14.0. The molecule has 5 nitrogen and oxygen atoms in total. The average molecular weight is 991 g/mol. The number of carbonyl (C=O) groups excluding carboxylic acids is 1. The number of carbonyl (C=O) groups is 1. The van der Waals surface area contributed by atoms with Crippen LogP contribution in [0.15, 0.2) is 267 Å². The first-order valence-electron chi connectivity index (χ1n) is 27.0. The highest BCUT2D eigenvalue weighted by Gasteiger charge is 2.49. The van der Waals surface area contributed by atoms with Crippen LogP contribution in [0.2, 0.25) is 0 Å². The number of fused-ring (bicyclic) bond motifs is 10. The van der Waals surface area contributed by atoms with Gasteiger partial charge in [0.25, 0.3) is 0 Å². The van der Waals surface area contributed by atoms with E-state index in [1.807, 2.05) is 0 Å². The SMILES string of the molecule is O=C1N2c3cc4c(cc3B(c3ccccc3-c3ccccc3)c3ccc5ccc6c(c5c32)N1c1cc2c(cc1B6c1ccccc1-c1ccccc1)c1ccccc1n2-c1ccccc1)c1ccccc1n4-c1ccccc1. The van der Waals surface area contributed by atoms with Gasteiger partial charge in [0.2, 0.25) is 13.4 Å². The summed E-state index contributed by atoms with van der Waals surface area (Å²) in [6.45, 7) is -0.450. The van der Waals surface area contributed by atoms with E-state index in [0.717, 1.165) is 111 Å². The Kier molecular flexibility index (Phi) is 9.10. The van der Waals surface area contributed by atoms with Crippen LogP contribution >= 0.6 is 0 Å². The third kappa shape index (κ3) is 5.95. The van der Waals surface area contributed by atoms with Gasteiger partial charge in [-0.1, -0.05) is 229 Å². The van der Waals surface area contributed by atoms with Crippen molar-refractivity contribution in [1.82, 2.24) is 9.13 Å². The fourth-order valence-corrected chi connectivity index (χ4v) is 14.0. The molecular formula is C71H44B2N4O. The van der Waals surface area contributed by atoms with Gasteiger partial charge in [-0.2, -0.15) is 0 Å². The second-order valence-corrected chi connectivity index (χ2v) is 21.1. The first kappa shape index (κ1) is 43.2. The third-order valence-corrected chi connectivity index (χ3v) is 17.1. The van der Waals surface area contributed by atoms with E-state index in [2.05, 4.69) is 286 Å². The topological polar surface area (TPSA) is 33.4 Å². The Labute approximate surface area is 451 Å². The van der Waals surface area contributed by atoms with Crippen LogP contribution < -0.4 is 42.6 Å². The number of rotatable bonds is 6. The molecule has 5 heterocycles. The molecule has 0 N–H and O–H groups in total. The minimum Gasteiger partial charge on any atom is -0.309 e. The van der Waals surface area contributed by atoms with E-state index in [1.54, 1.807) is 0 Å². The number of benzene rings is 12. The lowest BCUT2D eigenvalue weighted by Gasteiger charge is -2.46. The summed E-state index contributed by atoms with van der Waals surface area (Å²) in [4.78, 5) is 21.3. The van der Waals surface area contributed by atoms with Gasteiger partial charge >= 0.3 is 6.03 Å². The summed E-state index contributed by atoms with van der Waals surface area (Å²) in [6.07, 6.45) is 0. The molecule has 0 saturated heterocycles. The fraction of sp³-hybridized carbons (Fsp3) is 0. The summed E-state index contributed by atoms with van der Waals surface area (Å²) in [5.74, 6) is 0. The van der Waals surface area contributed by atoms with Gasteiger partial charge in [0.05, 0.1) is 33.4 Å². The summed E-state index contributed by atoms with van der Waals surface area (Å²) in [5, 5.41) is 6.79. The molecule has 0 saturated carbocycles. The Morgan fingerprint density at radius 2 is 0.679 bits per heavy atom. The number of nitrogens with zero attached hydrogens (tertiary/aromatic N) is 4. The average Bonchev–Trinajstić information content (AvgIpc) is 2.72. The number of anilines is 4. The molecule has 78 heavy (non-hydrogen) atoms. The maximum Gasteiger partial charge on any atom is 0.338 e. The van der Waals surface area contributed by atoms with Gasteiger partial charge < -0.3 is 9.13 Å². The van der Waals surface area contributed by atoms with Crippen molar-refractivity contribution in [2.24, 2.45) is 0 Å². The number of hydrogen-bond donors (Lipinski definition) is 0. The molecule has 2 amide bonds. The first-order valence-corrected chi connectivity index (χ1v) is 27.0. The predicted molar refractivity (Wildman–Crippen MR) is 328 cm³/mol. The van der Waals surface area contributed by atoms with Gasteiger partial charge in [0, 0.05) is 49.7 Å². The van der Waals surface area contributed by atoms with Crippen LogP contribution in [-0.4, -0.2) is 28.6 Å². The lowest BCUT2D eigenvalue weighted by Crippen LogP contribution is -2.64. The Bertz CT molecular complexity index is 4540. The van der Waals surface area contributed by atoms with Crippen LogP contribution in [0.3, 0.4) is 0 Å². The first-order chi connectivity index (χ1) is 38.7. The zero-order valence-electron chi connectivity index (χ0n) is 42.3. The highest BCUT2D eigenvalue weighted by Crippen LogP contribution is 2.50. The van der Waals surface area contributed by atoms with Crippen molar-refractivity contribution in [2.45, 2.75) is 0 Å². The van der Waals surface area contributed by atoms with E-state index >= 15 is 4.79 Å². The summed E-state index contributed by atoms with van der Waals surface area (Å²) in [6, 6.07) is 96.7. The Morgan fingerprint density at radius 1 is 0.295 bits per heavy atom.